The maximum absolute atomic E-state index is 14.1. The Morgan fingerprint density at radius 2 is 1.87 bits per heavy atom. The minimum Gasteiger partial charge on any atom is -0.493 e. The Labute approximate surface area is 175 Å². The van der Waals surface area contributed by atoms with Gasteiger partial charge in [0.05, 0.1) is 31.5 Å². The van der Waals surface area contributed by atoms with E-state index in [0.717, 1.165) is 18.2 Å². The summed E-state index contributed by atoms with van der Waals surface area (Å²) in [6.45, 7) is 0.162. The zero-order valence-electron chi connectivity index (χ0n) is 16.3. The van der Waals surface area contributed by atoms with E-state index >= 15 is 0 Å². The lowest BCUT2D eigenvalue weighted by Crippen LogP contribution is -2.33. The summed E-state index contributed by atoms with van der Waals surface area (Å²) in [5.41, 5.74) is 0.420. The molecule has 2 aliphatic rings. The van der Waals surface area contributed by atoms with E-state index < -0.39 is 36.1 Å². The highest BCUT2D eigenvalue weighted by Crippen LogP contribution is 2.38. The molecule has 0 bridgehead atoms. The van der Waals surface area contributed by atoms with E-state index in [4.69, 9.17) is 18.9 Å². The first kappa shape index (κ1) is 19.8. The van der Waals surface area contributed by atoms with Gasteiger partial charge in [-0.15, -0.1) is 0 Å². The van der Waals surface area contributed by atoms with E-state index in [1.807, 2.05) is 0 Å². The van der Waals surface area contributed by atoms with Crippen molar-refractivity contribution in [1.29, 1.82) is 0 Å². The molecule has 4 atom stereocenters. The van der Waals surface area contributed by atoms with Crippen LogP contribution in [0.4, 0.5) is 24.7 Å². The second-order valence-corrected chi connectivity index (χ2v) is 7.26. The summed E-state index contributed by atoms with van der Waals surface area (Å²) in [6, 6.07) is 6.36. The number of anilines is 2. The van der Waals surface area contributed by atoms with Gasteiger partial charge >= 0.3 is 0 Å². The van der Waals surface area contributed by atoms with Crippen LogP contribution in [-0.4, -0.2) is 54.8 Å². The molecule has 1 aromatic heterocycles. The van der Waals surface area contributed by atoms with Crippen molar-refractivity contribution in [2.75, 3.05) is 25.6 Å². The number of ether oxygens (including phenoxy) is 4. The molecule has 3 aromatic rings. The summed E-state index contributed by atoms with van der Waals surface area (Å²) in [5, 5.41) is 3.30. The molecule has 7 nitrogen and oxygen atoms in total. The fourth-order valence-electron chi connectivity index (χ4n) is 3.82. The highest BCUT2D eigenvalue weighted by atomic mass is 19.1. The fraction of sp³-hybridized carbons (Fsp3) is 0.333. The SMILES string of the molecule is COc1cc2c(Nc3cc(F)ccc3F)ncnc2cc1O[C@@H]1CO[C@@H]2[C@H]1OC[C@H]2F. The van der Waals surface area contributed by atoms with Gasteiger partial charge in [0, 0.05) is 17.5 Å². The first-order valence-electron chi connectivity index (χ1n) is 9.62. The zero-order chi connectivity index (χ0) is 21.5. The van der Waals surface area contributed by atoms with Gasteiger partial charge in [0.25, 0.3) is 0 Å². The number of benzene rings is 2. The van der Waals surface area contributed by atoms with Crippen LogP contribution >= 0.6 is 0 Å². The minimum atomic E-state index is -1.18. The maximum atomic E-state index is 14.1. The molecular weight excluding hydrogens is 415 g/mol. The Balaban J connectivity index is 1.47. The molecule has 162 valence electrons. The van der Waals surface area contributed by atoms with Crippen molar-refractivity contribution in [2.45, 2.75) is 24.5 Å². The molecule has 0 saturated carbocycles. The summed E-state index contributed by atoms with van der Waals surface area (Å²) in [4.78, 5) is 8.38. The Hall–Kier alpha value is -3.11. The van der Waals surface area contributed by atoms with Crippen LogP contribution in [-0.2, 0) is 9.47 Å². The van der Waals surface area contributed by atoms with Crippen molar-refractivity contribution in [2.24, 2.45) is 0 Å². The molecule has 0 amide bonds. The fourth-order valence-corrected chi connectivity index (χ4v) is 3.82. The quantitative estimate of drug-likeness (QED) is 0.660. The Bertz CT molecular complexity index is 1130. The topological polar surface area (TPSA) is 74.7 Å². The molecule has 0 unspecified atom stereocenters. The molecule has 10 heteroatoms. The lowest BCUT2D eigenvalue weighted by Gasteiger charge is -2.20. The van der Waals surface area contributed by atoms with E-state index in [9.17, 15) is 13.2 Å². The summed E-state index contributed by atoms with van der Waals surface area (Å²) in [6.07, 6.45) is -1.54. The first-order chi connectivity index (χ1) is 15.0. The van der Waals surface area contributed by atoms with Crippen molar-refractivity contribution in [3.63, 3.8) is 0 Å². The number of nitrogens with zero attached hydrogens (tertiary/aromatic N) is 2. The molecule has 1 N–H and O–H groups in total. The standard InChI is InChI=1S/C21H18F3N3O4/c1-28-16-5-11-14(6-17(16)31-18-8-30-19-13(24)7-29-20(18)19)25-9-26-21(11)27-15-4-10(22)2-3-12(15)23/h2-6,9,13,18-20H,7-8H2,1H3,(H,25,26,27)/t13-,18-,19+,20+/m1/s1. The van der Waals surface area contributed by atoms with Crippen molar-refractivity contribution in [3.05, 3.63) is 48.3 Å². The van der Waals surface area contributed by atoms with Crippen LogP contribution in [0.3, 0.4) is 0 Å². The van der Waals surface area contributed by atoms with E-state index in [2.05, 4.69) is 15.3 Å². The molecule has 0 radical (unpaired) electrons. The number of rotatable bonds is 5. The first-order valence-corrected chi connectivity index (χ1v) is 9.62. The number of nitrogens with one attached hydrogen (secondary N) is 1. The Morgan fingerprint density at radius 1 is 1.03 bits per heavy atom. The number of aromatic nitrogens is 2. The molecule has 0 aliphatic carbocycles. The van der Waals surface area contributed by atoms with Crippen LogP contribution in [0.5, 0.6) is 11.5 Å². The molecule has 2 saturated heterocycles. The molecule has 0 spiro atoms. The number of halogens is 3. The van der Waals surface area contributed by atoms with Gasteiger partial charge in [0.2, 0.25) is 0 Å². The monoisotopic (exact) mass is 433 g/mol. The van der Waals surface area contributed by atoms with Gasteiger partial charge in [0.15, 0.2) is 23.8 Å². The third-order valence-corrected chi connectivity index (χ3v) is 5.33. The predicted molar refractivity (Wildman–Crippen MR) is 105 cm³/mol. The predicted octanol–water partition coefficient (Wildman–Crippen LogP) is 3.54. The highest BCUT2D eigenvalue weighted by molar-refractivity contribution is 5.93. The van der Waals surface area contributed by atoms with Crippen LogP contribution < -0.4 is 14.8 Å². The van der Waals surface area contributed by atoms with E-state index in [-0.39, 0.29) is 24.7 Å². The van der Waals surface area contributed by atoms with E-state index in [0.29, 0.717) is 22.4 Å². The van der Waals surface area contributed by atoms with Crippen molar-refractivity contribution in [1.82, 2.24) is 9.97 Å². The van der Waals surface area contributed by atoms with Crippen LogP contribution in [0.25, 0.3) is 10.9 Å². The molecule has 5 rings (SSSR count). The Kier molecular flexibility index (Phi) is 5.03. The minimum absolute atomic E-state index is 0.0249. The average molecular weight is 433 g/mol. The van der Waals surface area contributed by atoms with Crippen LogP contribution in [0, 0.1) is 11.6 Å². The third kappa shape index (κ3) is 3.61. The van der Waals surface area contributed by atoms with E-state index in [1.54, 1.807) is 12.1 Å². The third-order valence-electron chi connectivity index (χ3n) is 5.33. The summed E-state index contributed by atoms with van der Waals surface area (Å²) in [5.74, 6) is -0.209. The van der Waals surface area contributed by atoms with Crippen molar-refractivity contribution in [3.8, 4) is 11.5 Å². The van der Waals surface area contributed by atoms with Crippen molar-refractivity contribution < 1.29 is 32.1 Å². The van der Waals surface area contributed by atoms with Gasteiger partial charge in [-0.2, -0.15) is 0 Å². The van der Waals surface area contributed by atoms with Gasteiger partial charge in [-0.1, -0.05) is 0 Å². The molecule has 2 fully saturated rings. The number of alkyl halides is 1. The normalized spacial score (nSPS) is 24.9. The summed E-state index contributed by atoms with van der Waals surface area (Å²) >= 11 is 0. The second kappa shape index (κ2) is 7.86. The number of hydrogen-bond donors (Lipinski definition) is 1. The summed E-state index contributed by atoms with van der Waals surface area (Å²) < 4.78 is 63.8. The largest absolute Gasteiger partial charge is 0.493 e. The van der Waals surface area contributed by atoms with Crippen LogP contribution in [0.15, 0.2) is 36.7 Å². The number of hydrogen-bond acceptors (Lipinski definition) is 7. The van der Waals surface area contributed by atoms with Crippen molar-refractivity contribution >= 4 is 22.4 Å². The van der Waals surface area contributed by atoms with Crippen LogP contribution in [0.1, 0.15) is 0 Å². The number of methoxy groups -OCH3 is 1. The maximum Gasteiger partial charge on any atom is 0.164 e. The molecule has 2 aliphatic heterocycles. The van der Waals surface area contributed by atoms with Gasteiger partial charge in [-0.3, -0.25) is 0 Å². The molecular formula is C21H18F3N3O4. The average Bonchev–Trinajstić information content (AvgIpc) is 3.33. The van der Waals surface area contributed by atoms with Gasteiger partial charge in [-0.25, -0.2) is 23.1 Å². The van der Waals surface area contributed by atoms with Gasteiger partial charge < -0.3 is 24.3 Å². The Morgan fingerprint density at radius 3 is 2.71 bits per heavy atom. The lowest BCUT2D eigenvalue weighted by atomic mass is 10.1. The molecule has 3 heterocycles. The van der Waals surface area contributed by atoms with E-state index in [1.165, 1.54) is 13.4 Å². The van der Waals surface area contributed by atoms with Gasteiger partial charge in [-0.05, 0) is 18.2 Å². The van der Waals surface area contributed by atoms with Gasteiger partial charge in [0.1, 0.15) is 36.0 Å². The summed E-state index contributed by atoms with van der Waals surface area (Å²) in [7, 11) is 1.47. The highest BCUT2D eigenvalue weighted by Gasteiger charge is 2.49. The second-order valence-electron chi connectivity index (χ2n) is 7.26. The number of fused-ring (bicyclic) bond motifs is 2. The lowest BCUT2D eigenvalue weighted by molar-refractivity contribution is 0.0271. The zero-order valence-corrected chi connectivity index (χ0v) is 16.3. The van der Waals surface area contributed by atoms with Crippen LogP contribution in [0.2, 0.25) is 0 Å². The smallest absolute Gasteiger partial charge is 0.164 e. The molecule has 2 aromatic carbocycles. The molecule has 31 heavy (non-hydrogen) atoms.